The molecule has 0 aromatic heterocycles. The summed E-state index contributed by atoms with van der Waals surface area (Å²) >= 11 is 0. The van der Waals surface area contributed by atoms with E-state index in [0.717, 1.165) is 30.9 Å². The summed E-state index contributed by atoms with van der Waals surface area (Å²) in [6, 6.07) is 6.20. The van der Waals surface area contributed by atoms with Gasteiger partial charge in [0.25, 0.3) is 0 Å². The van der Waals surface area contributed by atoms with Crippen LogP contribution in [0.5, 0.6) is 11.5 Å². The predicted octanol–water partition coefficient (Wildman–Crippen LogP) is 4.24. The molecular weight excluding hydrogens is 224 g/mol. The van der Waals surface area contributed by atoms with Crippen molar-refractivity contribution in [3.05, 3.63) is 35.9 Å². The van der Waals surface area contributed by atoms with Gasteiger partial charge in [0, 0.05) is 0 Å². The molecule has 2 heteroatoms. The number of benzene rings is 1. The summed E-state index contributed by atoms with van der Waals surface area (Å²) in [4.78, 5) is 0. The summed E-state index contributed by atoms with van der Waals surface area (Å²) in [5.74, 6) is 2.21. The molecule has 0 saturated carbocycles. The van der Waals surface area contributed by atoms with Crippen LogP contribution in [0.2, 0.25) is 0 Å². The van der Waals surface area contributed by atoms with Crippen molar-refractivity contribution in [3.63, 3.8) is 0 Å². The van der Waals surface area contributed by atoms with E-state index in [9.17, 15) is 0 Å². The largest absolute Gasteiger partial charge is 0.493 e. The van der Waals surface area contributed by atoms with E-state index in [2.05, 4.69) is 45.1 Å². The topological polar surface area (TPSA) is 18.5 Å². The molecule has 0 radical (unpaired) electrons. The second-order valence-electron chi connectivity index (χ2n) is 4.54. The van der Waals surface area contributed by atoms with Gasteiger partial charge in [-0.1, -0.05) is 32.1 Å². The first-order valence-corrected chi connectivity index (χ1v) is 6.63. The van der Waals surface area contributed by atoms with E-state index in [0.29, 0.717) is 5.92 Å². The Hall–Kier alpha value is -1.44. The molecule has 0 aliphatic rings. The van der Waals surface area contributed by atoms with Crippen LogP contribution in [0.15, 0.2) is 30.4 Å². The van der Waals surface area contributed by atoms with E-state index in [1.54, 1.807) is 7.11 Å². The summed E-state index contributed by atoms with van der Waals surface area (Å²) in [6.07, 6.45) is 6.34. The second kappa shape index (κ2) is 7.80. The Labute approximate surface area is 111 Å². The number of hydrogen-bond acceptors (Lipinski definition) is 2. The Morgan fingerprint density at radius 1 is 1.28 bits per heavy atom. The van der Waals surface area contributed by atoms with Crippen molar-refractivity contribution in [3.8, 4) is 11.5 Å². The van der Waals surface area contributed by atoms with Crippen LogP contribution in [0.3, 0.4) is 0 Å². The minimum absolute atomic E-state index is 0.544. The third-order valence-corrected chi connectivity index (χ3v) is 2.77. The minimum atomic E-state index is 0.544. The number of ether oxygens (including phenoxy) is 2. The molecule has 18 heavy (non-hydrogen) atoms. The Morgan fingerprint density at radius 3 is 2.67 bits per heavy atom. The van der Waals surface area contributed by atoms with Gasteiger partial charge in [-0.2, -0.15) is 0 Å². The monoisotopic (exact) mass is 248 g/mol. The Kier molecular flexibility index (Phi) is 6.34. The first-order chi connectivity index (χ1) is 8.71. The number of hydrogen-bond donors (Lipinski definition) is 0. The van der Waals surface area contributed by atoms with Crippen LogP contribution in [-0.4, -0.2) is 13.7 Å². The molecule has 0 heterocycles. The highest BCUT2D eigenvalue weighted by Crippen LogP contribution is 2.29. The van der Waals surface area contributed by atoms with Gasteiger partial charge in [0.15, 0.2) is 11.5 Å². The van der Waals surface area contributed by atoms with Gasteiger partial charge in [-0.3, -0.25) is 0 Å². The van der Waals surface area contributed by atoms with Crippen LogP contribution in [0.4, 0.5) is 0 Å². The van der Waals surface area contributed by atoms with Crippen molar-refractivity contribution in [1.29, 1.82) is 0 Å². The fraction of sp³-hybridized carbons (Fsp3) is 0.500. The molecule has 0 N–H and O–H groups in total. The minimum Gasteiger partial charge on any atom is -0.493 e. The van der Waals surface area contributed by atoms with Gasteiger partial charge in [-0.05, 0) is 43.4 Å². The molecular formula is C16H24O2. The summed E-state index contributed by atoms with van der Waals surface area (Å²) in [7, 11) is 1.69. The smallest absolute Gasteiger partial charge is 0.161 e. The fourth-order valence-electron chi connectivity index (χ4n) is 1.94. The highest BCUT2D eigenvalue weighted by molar-refractivity contribution is 5.43. The zero-order valence-electron chi connectivity index (χ0n) is 11.9. The third-order valence-electron chi connectivity index (χ3n) is 2.77. The number of rotatable bonds is 7. The molecule has 0 bridgehead atoms. The first-order valence-electron chi connectivity index (χ1n) is 6.63. The van der Waals surface area contributed by atoms with Crippen molar-refractivity contribution >= 4 is 0 Å². The van der Waals surface area contributed by atoms with Gasteiger partial charge >= 0.3 is 0 Å². The van der Waals surface area contributed by atoms with Crippen LogP contribution >= 0.6 is 0 Å². The Bertz CT molecular complexity index is 383. The molecule has 1 aromatic carbocycles. The third kappa shape index (κ3) is 4.44. The normalized spacial score (nSPS) is 12.7. The van der Waals surface area contributed by atoms with E-state index < -0.39 is 0 Å². The summed E-state index contributed by atoms with van der Waals surface area (Å²) in [5.41, 5.74) is 1.28. The Morgan fingerprint density at radius 2 is 2.06 bits per heavy atom. The molecule has 100 valence electrons. The van der Waals surface area contributed by atoms with E-state index in [1.165, 1.54) is 5.56 Å². The lowest BCUT2D eigenvalue weighted by Gasteiger charge is -2.13. The molecule has 0 fully saturated rings. The lowest BCUT2D eigenvalue weighted by atomic mass is 10.0. The summed E-state index contributed by atoms with van der Waals surface area (Å²) in [5, 5.41) is 0. The van der Waals surface area contributed by atoms with Crippen molar-refractivity contribution in [1.82, 2.24) is 0 Å². The molecule has 0 spiro atoms. The number of allylic oxidation sites excluding steroid dienone is 2. The highest BCUT2D eigenvalue weighted by atomic mass is 16.5. The van der Waals surface area contributed by atoms with Gasteiger partial charge in [0.2, 0.25) is 0 Å². The molecule has 0 saturated heterocycles. The zero-order chi connectivity index (χ0) is 13.4. The van der Waals surface area contributed by atoms with Crippen LogP contribution in [0.25, 0.3) is 0 Å². The molecule has 1 aromatic rings. The lowest BCUT2D eigenvalue weighted by Crippen LogP contribution is -2.00. The van der Waals surface area contributed by atoms with Crippen LogP contribution in [0.1, 0.15) is 32.8 Å². The van der Waals surface area contributed by atoms with E-state index in [1.807, 2.05) is 6.07 Å². The van der Waals surface area contributed by atoms with Crippen molar-refractivity contribution in [2.75, 3.05) is 13.7 Å². The summed E-state index contributed by atoms with van der Waals surface area (Å²) in [6.45, 7) is 7.09. The van der Waals surface area contributed by atoms with Crippen LogP contribution in [-0.2, 0) is 6.42 Å². The van der Waals surface area contributed by atoms with E-state index in [-0.39, 0.29) is 0 Å². The van der Waals surface area contributed by atoms with Gasteiger partial charge in [0.05, 0.1) is 13.7 Å². The van der Waals surface area contributed by atoms with Gasteiger partial charge in [-0.25, -0.2) is 0 Å². The molecule has 1 rings (SSSR count). The van der Waals surface area contributed by atoms with Crippen LogP contribution < -0.4 is 9.47 Å². The fourth-order valence-corrected chi connectivity index (χ4v) is 1.94. The molecule has 0 amide bonds. The van der Waals surface area contributed by atoms with Crippen molar-refractivity contribution in [2.24, 2.45) is 5.92 Å². The van der Waals surface area contributed by atoms with E-state index in [4.69, 9.17) is 9.47 Å². The van der Waals surface area contributed by atoms with Crippen molar-refractivity contribution in [2.45, 2.75) is 33.6 Å². The van der Waals surface area contributed by atoms with Gasteiger partial charge in [-0.15, -0.1) is 0 Å². The number of methoxy groups -OCH3 is 1. The quantitative estimate of drug-likeness (QED) is 0.672. The Balaban J connectivity index is 2.77. The maximum absolute atomic E-state index is 5.65. The predicted molar refractivity (Wildman–Crippen MR) is 76.5 cm³/mol. The van der Waals surface area contributed by atoms with Crippen LogP contribution in [0, 0.1) is 5.92 Å². The molecule has 0 aliphatic carbocycles. The standard InChI is InChI=1S/C16H24O2/c1-5-7-13(3)11-14-8-9-15(18-10-6-2)16(12-14)17-4/h5,7-9,12-13H,6,10-11H2,1-4H3/b7-5-. The lowest BCUT2D eigenvalue weighted by molar-refractivity contribution is 0.294. The molecule has 1 unspecified atom stereocenters. The summed E-state index contributed by atoms with van der Waals surface area (Å²) < 4.78 is 11.0. The first kappa shape index (κ1) is 14.6. The molecule has 2 nitrogen and oxygen atoms in total. The highest BCUT2D eigenvalue weighted by Gasteiger charge is 2.07. The maximum atomic E-state index is 5.65. The average molecular weight is 248 g/mol. The van der Waals surface area contributed by atoms with E-state index >= 15 is 0 Å². The average Bonchev–Trinajstić information content (AvgIpc) is 2.37. The van der Waals surface area contributed by atoms with Gasteiger partial charge in [0.1, 0.15) is 0 Å². The SMILES string of the molecule is C/C=C\C(C)Cc1ccc(OCCC)c(OC)c1. The van der Waals surface area contributed by atoms with Crippen molar-refractivity contribution < 1.29 is 9.47 Å². The second-order valence-corrected chi connectivity index (χ2v) is 4.54. The molecule has 0 aliphatic heterocycles. The zero-order valence-corrected chi connectivity index (χ0v) is 11.9. The molecule has 1 atom stereocenters. The maximum Gasteiger partial charge on any atom is 0.161 e. The van der Waals surface area contributed by atoms with Gasteiger partial charge < -0.3 is 9.47 Å².